The first-order valence-electron chi connectivity index (χ1n) is 5.89. The third-order valence-corrected chi connectivity index (χ3v) is 3.07. The molecule has 0 spiro atoms. The van der Waals surface area contributed by atoms with Crippen molar-refractivity contribution in [2.24, 2.45) is 0 Å². The van der Waals surface area contributed by atoms with Gasteiger partial charge in [-0.3, -0.25) is 0 Å². The van der Waals surface area contributed by atoms with Crippen LogP contribution in [0.1, 0.15) is 20.8 Å². The molecule has 1 unspecified atom stereocenters. The molecule has 0 fully saturated rings. The van der Waals surface area contributed by atoms with Crippen molar-refractivity contribution in [2.75, 3.05) is 21.3 Å². The number of nitrogens with one attached hydrogen (secondary N) is 1. The predicted molar refractivity (Wildman–Crippen MR) is 71.7 cm³/mol. The van der Waals surface area contributed by atoms with Crippen molar-refractivity contribution in [3.63, 3.8) is 0 Å². The Labute approximate surface area is 112 Å². The van der Waals surface area contributed by atoms with Crippen molar-refractivity contribution >= 4 is 16.3 Å². The van der Waals surface area contributed by atoms with E-state index in [4.69, 9.17) is 18.9 Å². The molecule has 0 aromatic heterocycles. The molecule has 1 atom stereocenters. The molecule has 108 valence electrons. The van der Waals surface area contributed by atoms with Crippen molar-refractivity contribution in [3.8, 4) is 0 Å². The molecule has 1 amide bonds. The van der Waals surface area contributed by atoms with Crippen LogP contribution in [0.3, 0.4) is 0 Å². The van der Waals surface area contributed by atoms with Crippen LogP contribution in [-0.4, -0.2) is 55.3 Å². The molecule has 0 rings (SSSR count). The van der Waals surface area contributed by atoms with E-state index in [2.05, 4.69) is 5.32 Å². The van der Waals surface area contributed by atoms with E-state index >= 15 is 0 Å². The van der Waals surface area contributed by atoms with E-state index in [9.17, 15) is 4.79 Å². The van der Waals surface area contributed by atoms with Gasteiger partial charge in [0, 0.05) is 37.1 Å². The third kappa shape index (κ3) is 4.93. The summed E-state index contributed by atoms with van der Waals surface area (Å²) in [7, 11) is 5.22. The summed E-state index contributed by atoms with van der Waals surface area (Å²) in [6.45, 7) is 5.57. The largest absolute Gasteiger partial charge is 0.411 e. The first-order chi connectivity index (χ1) is 8.24. The minimum absolute atomic E-state index is 0.395. The monoisotopic (exact) mass is 279 g/mol. The molecule has 18 heavy (non-hydrogen) atoms. The summed E-state index contributed by atoms with van der Waals surface area (Å²) in [6, 6.07) is 0.709. The number of carbonyl (C=O) groups is 1. The molecule has 0 saturated heterocycles. The summed E-state index contributed by atoms with van der Waals surface area (Å²) in [4.78, 5) is 11.8. The predicted octanol–water partition coefficient (Wildman–Crippen LogP) is 0.256. The molecular formula is C11H25NO5Si. The van der Waals surface area contributed by atoms with Gasteiger partial charge in [0.25, 0.3) is 0 Å². The number of carbonyl (C=O) groups excluding carboxylic acids is 1. The zero-order valence-corrected chi connectivity index (χ0v) is 14.3. The van der Waals surface area contributed by atoms with Gasteiger partial charge in [0.2, 0.25) is 0 Å². The molecular weight excluding hydrogens is 254 g/mol. The maximum absolute atomic E-state index is 11.8. The molecule has 7 heteroatoms. The second-order valence-electron chi connectivity index (χ2n) is 4.91. The van der Waals surface area contributed by atoms with Crippen LogP contribution in [0.5, 0.6) is 0 Å². The van der Waals surface area contributed by atoms with Crippen LogP contribution in [0.2, 0.25) is 6.04 Å². The van der Waals surface area contributed by atoms with Crippen molar-refractivity contribution in [1.82, 2.24) is 5.32 Å². The number of hydrogen-bond donors (Lipinski definition) is 1. The van der Waals surface area contributed by atoms with Crippen molar-refractivity contribution in [1.29, 1.82) is 0 Å². The second kappa shape index (κ2) is 7.08. The van der Waals surface area contributed by atoms with Crippen LogP contribution < -0.4 is 5.32 Å². The van der Waals surface area contributed by atoms with Crippen molar-refractivity contribution < 1.29 is 23.7 Å². The molecule has 0 aromatic carbocycles. The van der Waals surface area contributed by atoms with Crippen LogP contribution in [0.25, 0.3) is 0 Å². The zero-order chi connectivity index (χ0) is 14.4. The van der Waals surface area contributed by atoms with E-state index < -0.39 is 23.7 Å². The lowest BCUT2D eigenvalue weighted by molar-refractivity contribution is -0.372. The summed E-state index contributed by atoms with van der Waals surface area (Å²) < 4.78 is 20.9. The third-order valence-electron chi connectivity index (χ3n) is 2.33. The maximum atomic E-state index is 11.8. The highest BCUT2D eigenvalue weighted by Crippen LogP contribution is 2.23. The first-order valence-corrected chi connectivity index (χ1v) is 7.30. The minimum atomic E-state index is -1.51. The van der Waals surface area contributed by atoms with E-state index in [0.29, 0.717) is 6.04 Å². The van der Waals surface area contributed by atoms with Gasteiger partial charge in [0.15, 0.2) is 0 Å². The number of rotatable bonds is 6. The molecule has 0 aliphatic carbocycles. The Morgan fingerprint density at radius 2 is 1.72 bits per heavy atom. The number of methoxy groups -OCH3 is 3. The Hall–Kier alpha value is -0.633. The van der Waals surface area contributed by atoms with Crippen LogP contribution in [0.4, 0.5) is 4.79 Å². The van der Waals surface area contributed by atoms with E-state index in [1.165, 1.54) is 21.3 Å². The van der Waals surface area contributed by atoms with Gasteiger partial charge in [-0.2, -0.15) is 0 Å². The van der Waals surface area contributed by atoms with Crippen LogP contribution in [0.15, 0.2) is 0 Å². The lowest BCUT2D eigenvalue weighted by atomic mass is 10.1. The molecule has 0 heterocycles. The van der Waals surface area contributed by atoms with E-state index in [1.54, 1.807) is 0 Å². The van der Waals surface area contributed by atoms with Crippen LogP contribution >= 0.6 is 0 Å². The molecule has 6 nitrogen and oxygen atoms in total. The molecule has 0 radical (unpaired) electrons. The standard InChI is InChI=1S/C11H25NO5Si/c1-10(2,3)12-9(13)17-11(15-5,16-6)8(7-18)14-4/h8H,7H2,1-6,18H3,(H,12,13). The second-order valence-corrected chi connectivity index (χ2v) is 5.73. The first kappa shape index (κ1) is 17.4. The number of hydrogen-bond acceptors (Lipinski definition) is 5. The molecule has 0 aliphatic rings. The van der Waals surface area contributed by atoms with E-state index in [1.807, 2.05) is 20.8 Å². The fraction of sp³-hybridized carbons (Fsp3) is 0.909. The zero-order valence-electron chi connectivity index (χ0n) is 12.3. The Bertz CT molecular complexity index is 259. The molecule has 0 bridgehead atoms. The van der Waals surface area contributed by atoms with Gasteiger partial charge in [-0.1, -0.05) is 0 Å². The highest BCUT2D eigenvalue weighted by Gasteiger charge is 2.44. The Morgan fingerprint density at radius 1 is 1.22 bits per heavy atom. The van der Waals surface area contributed by atoms with Gasteiger partial charge >= 0.3 is 12.1 Å². The Kier molecular flexibility index (Phi) is 6.83. The van der Waals surface area contributed by atoms with Crippen LogP contribution in [-0.2, 0) is 18.9 Å². The fourth-order valence-electron chi connectivity index (χ4n) is 1.52. The summed E-state index contributed by atoms with van der Waals surface area (Å²) in [5.41, 5.74) is -0.395. The quantitative estimate of drug-likeness (QED) is 0.558. The lowest BCUT2D eigenvalue weighted by Crippen LogP contribution is -2.54. The molecule has 1 N–H and O–H groups in total. The minimum Gasteiger partial charge on any atom is -0.389 e. The fourth-order valence-corrected chi connectivity index (χ4v) is 2.35. The van der Waals surface area contributed by atoms with E-state index in [0.717, 1.165) is 10.2 Å². The maximum Gasteiger partial charge on any atom is 0.411 e. The molecule has 0 aliphatic heterocycles. The topological polar surface area (TPSA) is 66.0 Å². The average Bonchev–Trinajstić information content (AvgIpc) is 2.26. The van der Waals surface area contributed by atoms with Gasteiger partial charge in [-0.05, 0) is 26.8 Å². The highest BCUT2D eigenvalue weighted by atomic mass is 28.1. The van der Waals surface area contributed by atoms with Gasteiger partial charge in [0.05, 0.1) is 0 Å². The summed E-state index contributed by atoms with van der Waals surface area (Å²) >= 11 is 0. The van der Waals surface area contributed by atoms with Crippen molar-refractivity contribution in [3.05, 3.63) is 0 Å². The lowest BCUT2D eigenvalue weighted by Gasteiger charge is -2.36. The van der Waals surface area contributed by atoms with Crippen LogP contribution in [0, 0.1) is 0 Å². The number of alkyl carbamates (subject to hydrolysis) is 1. The molecule has 0 aromatic rings. The SMILES string of the molecule is COC(C[SiH3])C(OC)(OC)OC(=O)NC(C)(C)C. The van der Waals surface area contributed by atoms with Crippen molar-refractivity contribution in [2.45, 2.75) is 44.4 Å². The van der Waals surface area contributed by atoms with Gasteiger partial charge < -0.3 is 24.3 Å². The highest BCUT2D eigenvalue weighted by molar-refractivity contribution is 6.08. The Balaban J connectivity index is 4.86. The van der Waals surface area contributed by atoms with Gasteiger partial charge in [-0.25, -0.2) is 4.79 Å². The average molecular weight is 279 g/mol. The smallest absolute Gasteiger partial charge is 0.389 e. The summed E-state index contributed by atoms with van der Waals surface area (Å²) in [5.74, 6) is -1.51. The summed E-state index contributed by atoms with van der Waals surface area (Å²) in [5, 5.41) is 2.68. The molecule has 0 saturated carbocycles. The Morgan fingerprint density at radius 3 is 2.00 bits per heavy atom. The van der Waals surface area contributed by atoms with Gasteiger partial charge in [0.1, 0.15) is 6.10 Å². The number of amides is 1. The number of ether oxygens (including phenoxy) is 4. The normalized spacial score (nSPS) is 14.3. The summed E-state index contributed by atoms with van der Waals surface area (Å²) in [6.07, 6.45) is -1.06. The van der Waals surface area contributed by atoms with E-state index in [-0.39, 0.29) is 0 Å². The van der Waals surface area contributed by atoms with Gasteiger partial charge in [-0.15, -0.1) is 0 Å².